The Morgan fingerprint density at radius 2 is 2.29 bits per heavy atom. The molecule has 2 atom stereocenters. The lowest BCUT2D eigenvalue weighted by molar-refractivity contribution is -0.0814. The van der Waals surface area contributed by atoms with E-state index in [0.29, 0.717) is 0 Å². The fraction of sp³-hybridized carbons (Fsp3) is 0.818. The molecule has 2 rings (SSSR count). The van der Waals surface area contributed by atoms with Crippen molar-refractivity contribution in [1.82, 2.24) is 0 Å². The average Bonchev–Trinajstić information content (AvgIpc) is 2.70. The van der Waals surface area contributed by atoms with Gasteiger partial charge in [-0.05, 0) is 32.3 Å². The van der Waals surface area contributed by atoms with Gasteiger partial charge in [-0.2, -0.15) is 0 Å². The van der Waals surface area contributed by atoms with Crippen LogP contribution in [-0.2, 0) is 9.47 Å². The quantitative estimate of drug-likeness (QED) is 0.731. The van der Waals surface area contributed by atoms with Gasteiger partial charge in [0.05, 0.1) is 18.2 Å². The van der Waals surface area contributed by atoms with Crippen molar-refractivity contribution in [2.45, 2.75) is 44.2 Å². The van der Waals surface area contributed by atoms with E-state index < -0.39 is 0 Å². The fourth-order valence-corrected chi connectivity index (χ4v) is 2.16. The Bertz CT molecular complexity index is 231. The predicted molar refractivity (Wildman–Crippen MR) is 54.8 cm³/mol. The first-order chi connectivity index (χ1) is 6.72. The molecule has 2 heterocycles. The summed E-state index contributed by atoms with van der Waals surface area (Å²) in [5.41, 5.74) is 5.96. The standard InChI is InChI=1S/C11H19NO2/c1-11(6-2-3-8-14-11)10(12)9-5-4-7-13-9/h5,10H,2-4,6-8,12H2,1H3. The lowest BCUT2D eigenvalue weighted by Gasteiger charge is -2.38. The third-order valence-electron chi connectivity index (χ3n) is 3.20. The van der Waals surface area contributed by atoms with E-state index >= 15 is 0 Å². The molecule has 14 heavy (non-hydrogen) atoms. The maximum absolute atomic E-state index is 6.17. The number of ether oxygens (including phenoxy) is 2. The van der Waals surface area contributed by atoms with E-state index in [2.05, 4.69) is 13.0 Å². The second-order valence-electron chi connectivity index (χ2n) is 4.34. The van der Waals surface area contributed by atoms with E-state index in [-0.39, 0.29) is 11.6 Å². The molecule has 80 valence electrons. The van der Waals surface area contributed by atoms with Crippen molar-refractivity contribution in [3.8, 4) is 0 Å². The Balaban J connectivity index is 2.04. The molecule has 0 saturated carbocycles. The minimum atomic E-state index is -0.214. The van der Waals surface area contributed by atoms with Crippen molar-refractivity contribution in [2.24, 2.45) is 5.73 Å². The van der Waals surface area contributed by atoms with E-state index in [1.54, 1.807) is 0 Å². The second-order valence-corrected chi connectivity index (χ2v) is 4.34. The van der Waals surface area contributed by atoms with Gasteiger partial charge in [-0.15, -0.1) is 0 Å². The van der Waals surface area contributed by atoms with Crippen LogP contribution in [0.25, 0.3) is 0 Å². The highest BCUT2D eigenvalue weighted by molar-refractivity contribution is 5.13. The van der Waals surface area contributed by atoms with Crippen molar-refractivity contribution < 1.29 is 9.47 Å². The molecule has 0 aromatic heterocycles. The zero-order valence-electron chi connectivity index (χ0n) is 8.79. The maximum Gasteiger partial charge on any atom is 0.112 e. The summed E-state index contributed by atoms with van der Waals surface area (Å²) in [5, 5.41) is 0. The fourth-order valence-electron chi connectivity index (χ4n) is 2.16. The number of hydrogen-bond acceptors (Lipinski definition) is 3. The van der Waals surface area contributed by atoms with Crippen LogP contribution < -0.4 is 5.73 Å². The van der Waals surface area contributed by atoms with E-state index in [1.165, 1.54) is 6.42 Å². The summed E-state index contributed by atoms with van der Waals surface area (Å²) in [6.45, 7) is 3.70. The zero-order valence-corrected chi connectivity index (χ0v) is 8.79. The van der Waals surface area contributed by atoms with Crippen LogP contribution in [0.5, 0.6) is 0 Å². The van der Waals surface area contributed by atoms with Crippen LogP contribution in [0, 0.1) is 0 Å². The highest BCUT2D eigenvalue weighted by Crippen LogP contribution is 2.31. The van der Waals surface area contributed by atoms with E-state index in [1.807, 2.05) is 0 Å². The summed E-state index contributed by atoms with van der Waals surface area (Å²) < 4.78 is 11.3. The molecule has 0 radical (unpaired) electrons. The molecule has 0 amide bonds. The Kier molecular flexibility index (Phi) is 2.79. The molecule has 0 aromatic carbocycles. The molecule has 2 unspecified atom stereocenters. The highest BCUT2D eigenvalue weighted by atomic mass is 16.5. The van der Waals surface area contributed by atoms with Gasteiger partial charge in [0.15, 0.2) is 0 Å². The van der Waals surface area contributed by atoms with Crippen LogP contribution >= 0.6 is 0 Å². The SMILES string of the molecule is CC1(C(N)C2=CCCO2)CCCCO1. The van der Waals surface area contributed by atoms with Crippen LogP contribution in [0.1, 0.15) is 32.6 Å². The second kappa shape index (κ2) is 3.91. The summed E-state index contributed by atoms with van der Waals surface area (Å²) in [7, 11) is 0. The Morgan fingerprint density at radius 1 is 1.43 bits per heavy atom. The molecule has 1 fully saturated rings. The zero-order chi connectivity index (χ0) is 10.0. The summed E-state index contributed by atoms with van der Waals surface area (Å²) in [6, 6.07) is -0.0923. The third kappa shape index (κ3) is 1.79. The highest BCUT2D eigenvalue weighted by Gasteiger charge is 2.38. The summed E-state index contributed by atoms with van der Waals surface area (Å²) >= 11 is 0. The molecule has 1 saturated heterocycles. The number of nitrogens with two attached hydrogens (primary N) is 1. The summed E-state index contributed by atoms with van der Waals surface area (Å²) in [4.78, 5) is 0. The van der Waals surface area contributed by atoms with Crippen molar-refractivity contribution in [1.29, 1.82) is 0 Å². The lowest BCUT2D eigenvalue weighted by atomic mass is 9.87. The molecule has 3 nitrogen and oxygen atoms in total. The predicted octanol–water partition coefficient (Wildman–Crippen LogP) is 1.58. The van der Waals surface area contributed by atoms with Crippen LogP contribution in [0.4, 0.5) is 0 Å². The first-order valence-electron chi connectivity index (χ1n) is 5.45. The van der Waals surface area contributed by atoms with Gasteiger partial charge >= 0.3 is 0 Å². The smallest absolute Gasteiger partial charge is 0.112 e. The maximum atomic E-state index is 6.17. The van der Waals surface area contributed by atoms with Gasteiger partial charge in [-0.25, -0.2) is 0 Å². The molecule has 2 aliphatic rings. The number of hydrogen-bond donors (Lipinski definition) is 1. The molecule has 3 heteroatoms. The van der Waals surface area contributed by atoms with Gasteiger partial charge in [0.1, 0.15) is 5.76 Å². The molecule has 0 aromatic rings. The van der Waals surface area contributed by atoms with Gasteiger partial charge in [0, 0.05) is 13.0 Å². The van der Waals surface area contributed by atoms with Gasteiger partial charge in [-0.3, -0.25) is 0 Å². The summed E-state index contributed by atoms with van der Waals surface area (Å²) in [5.74, 6) is 0.925. The van der Waals surface area contributed by atoms with Crippen molar-refractivity contribution >= 4 is 0 Å². The number of rotatable bonds is 2. The Hall–Kier alpha value is -0.540. The van der Waals surface area contributed by atoms with Crippen LogP contribution in [0.15, 0.2) is 11.8 Å². The lowest BCUT2D eigenvalue weighted by Crippen LogP contribution is -2.50. The minimum Gasteiger partial charge on any atom is -0.496 e. The van der Waals surface area contributed by atoms with E-state index in [0.717, 1.165) is 38.2 Å². The van der Waals surface area contributed by atoms with Gasteiger partial charge in [0.2, 0.25) is 0 Å². The monoisotopic (exact) mass is 197 g/mol. The first kappa shape index (κ1) is 9.99. The van der Waals surface area contributed by atoms with Gasteiger partial charge in [-0.1, -0.05) is 0 Å². The minimum absolute atomic E-state index is 0.0923. The molecule has 2 aliphatic heterocycles. The van der Waals surface area contributed by atoms with Crippen molar-refractivity contribution in [2.75, 3.05) is 13.2 Å². The summed E-state index contributed by atoms with van der Waals surface area (Å²) in [6.07, 6.45) is 6.47. The molecule has 0 spiro atoms. The molecular formula is C11H19NO2. The molecule has 0 aliphatic carbocycles. The third-order valence-corrected chi connectivity index (χ3v) is 3.20. The largest absolute Gasteiger partial charge is 0.496 e. The Labute approximate surface area is 85.3 Å². The van der Waals surface area contributed by atoms with E-state index in [9.17, 15) is 0 Å². The van der Waals surface area contributed by atoms with Gasteiger partial charge in [0.25, 0.3) is 0 Å². The molecular weight excluding hydrogens is 178 g/mol. The average molecular weight is 197 g/mol. The Morgan fingerprint density at radius 3 is 2.86 bits per heavy atom. The normalized spacial score (nSPS) is 34.9. The van der Waals surface area contributed by atoms with Crippen molar-refractivity contribution in [3.05, 3.63) is 11.8 Å². The van der Waals surface area contributed by atoms with Crippen LogP contribution in [0.3, 0.4) is 0 Å². The topological polar surface area (TPSA) is 44.5 Å². The van der Waals surface area contributed by atoms with Crippen LogP contribution in [-0.4, -0.2) is 24.9 Å². The molecule has 2 N–H and O–H groups in total. The first-order valence-corrected chi connectivity index (χ1v) is 5.45. The van der Waals surface area contributed by atoms with E-state index in [4.69, 9.17) is 15.2 Å². The van der Waals surface area contributed by atoms with Crippen LogP contribution in [0.2, 0.25) is 0 Å². The van der Waals surface area contributed by atoms with Gasteiger partial charge < -0.3 is 15.2 Å². The molecule has 0 bridgehead atoms. The van der Waals surface area contributed by atoms with Crippen molar-refractivity contribution in [3.63, 3.8) is 0 Å².